The molecule has 36 heavy (non-hydrogen) atoms. The van der Waals surface area contributed by atoms with Crippen molar-refractivity contribution in [3.05, 3.63) is 63.0 Å². The van der Waals surface area contributed by atoms with Crippen molar-refractivity contribution in [1.29, 1.82) is 0 Å². The van der Waals surface area contributed by atoms with Crippen LogP contribution >= 0.6 is 11.3 Å². The molecular formula is C25H28FN5O4S. The number of aromatic nitrogens is 1. The minimum atomic E-state index is -1.17. The number of β-amino-alcohol motifs (C(OH)–C–C–N with tert-alkyl or cyclic N) is 1. The molecule has 3 aliphatic rings. The summed E-state index contributed by atoms with van der Waals surface area (Å²) in [5.74, 6) is -1.01. The number of amidine groups is 1. The van der Waals surface area contributed by atoms with Crippen molar-refractivity contribution in [2.75, 3.05) is 32.8 Å². The second-order valence-corrected chi connectivity index (χ2v) is 10.2. The Balaban J connectivity index is 1.56. The Morgan fingerprint density at radius 1 is 1.42 bits per heavy atom. The number of carbonyl (C=O) groups is 2. The largest absolute Gasteiger partial charge is 0.463 e. The van der Waals surface area contributed by atoms with Crippen molar-refractivity contribution in [2.45, 2.75) is 31.9 Å². The van der Waals surface area contributed by atoms with Crippen LogP contribution in [0.1, 0.15) is 35.5 Å². The number of hydrogen-bond donors (Lipinski definition) is 3. The van der Waals surface area contributed by atoms with Crippen LogP contribution in [0.15, 0.2) is 46.0 Å². The molecule has 9 nitrogen and oxygen atoms in total. The van der Waals surface area contributed by atoms with Gasteiger partial charge in [-0.1, -0.05) is 12.1 Å². The molecular weight excluding hydrogens is 485 g/mol. The summed E-state index contributed by atoms with van der Waals surface area (Å²) in [5, 5.41) is 19.6. The minimum absolute atomic E-state index is 0.126. The normalized spacial score (nSPS) is 26.2. The number of rotatable bonds is 6. The number of thiazole rings is 1. The molecule has 0 bridgehead atoms. The van der Waals surface area contributed by atoms with Gasteiger partial charge in [0.15, 0.2) is 10.8 Å². The summed E-state index contributed by atoms with van der Waals surface area (Å²) < 4.78 is 20.0. The number of carbonyl (C=O) groups excluding carboxylic acids is 2. The van der Waals surface area contributed by atoms with E-state index in [1.165, 1.54) is 17.4 Å². The molecule has 3 N–H and O–H groups in total. The molecule has 0 aliphatic carbocycles. The van der Waals surface area contributed by atoms with Crippen molar-refractivity contribution in [3.8, 4) is 0 Å². The highest BCUT2D eigenvalue weighted by molar-refractivity contribution is 7.11. The number of piperidine rings is 1. The zero-order valence-electron chi connectivity index (χ0n) is 20.1. The molecule has 3 atom stereocenters. The van der Waals surface area contributed by atoms with Crippen LogP contribution in [0.4, 0.5) is 4.39 Å². The molecule has 3 aliphatic heterocycles. The Morgan fingerprint density at radius 3 is 3.00 bits per heavy atom. The maximum Gasteiger partial charge on any atom is 0.338 e. The number of aliphatic hydroxyl groups is 1. The standard InChI is InChI=1S/C25H28FN5O4S/c1-3-35-24(33)19-18(11-31-9-7-16-22(32)28-12-25(16,34)13-31)29-21(23-27-8-10-36-23)30-20(19)15-5-4-6-17(26)14(15)2/h4-6,8,10,16,20,34H,3,7,9,11-13H2,1-2H3,(H,28,32)(H,29,30)/t16-,20-,25-/m0/s1. The van der Waals surface area contributed by atoms with Crippen LogP contribution in [-0.4, -0.2) is 71.1 Å². The van der Waals surface area contributed by atoms with Gasteiger partial charge in [-0.3, -0.25) is 14.7 Å². The number of benzene rings is 1. The fourth-order valence-corrected chi connectivity index (χ4v) is 5.78. The summed E-state index contributed by atoms with van der Waals surface area (Å²) in [6.07, 6.45) is 2.17. The Bertz CT molecular complexity index is 1250. The predicted molar refractivity (Wildman–Crippen MR) is 132 cm³/mol. The second-order valence-electron chi connectivity index (χ2n) is 9.28. The molecule has 2 aromatic rings. The molecule has 190 valence electrons. The van der Waals surface area contributed by atoms with Gasteiger partial charge in [0.1, 0.15) is 17.5 Å². The Labute approximate surface area is 212 Å². The van der Waals surface area contributed by atoms with Gasteiger partial charge in [-0.05, 0) is 44.0 Å². The summed E-state index contributed by atoms with van der Waals surface area (Å²) in [5.41, 5.74) is 0.647. The third-order valence-electron chi connectivity index (χ3n) is 7.01. The minimum Gasteiger partial charge on any atom is -0.463 e. The predicted octanol–water partition coefficient (Wildman–Crippen LogP) is 1.68. The number of likely N-dealkylation sites (tertiary alicyclic amines) is 1. The third-order valence-corrected chi connectivity index (χ3v) is 7.79. The van der Waals surface area contributed by atoms with E-state index in [-0.39, 0.29) is 38.0 Å². The fourth-order valence-electron chi connectivity index (χ4n) is 5.20. The first-order valence-corrected chi connectivity index (χ1v) is 12.8. The van der Waals surface area contributed by atoms with E-state index in [9.17, 15) is 19.1 Å². The van der Waals surface area contributed by atoms with E-state index in [4.69, 9.17) is 9.73 Å². The number of amides is 1. The molecule has 1 amide bonds. The lowest BCUT2D eigenvalue weighted by molar-refractivity contribution is -0.139. The molecule has 0 unspecified atom stereocenters. The molecule has 4 heterocycles. The summed E-state index contributed by atoms with van der Waals surface area (Å²) in [7, 11) is 0. The Hall–Kier alpha value is -3.15. The molecule has 0 radical (unpaired) electrons. The third kappa shape index (κ3) is 4.42. The van der Waals surface area contributed by atoms with Gasteiger partial charge in [-0.15, -0.1) is 11.3 Å². The van der Waals surface area contributed by atoms with E-state index in [1.54, 1.807) is 32.2 Å². The Kier molecular flexibility index (Phi) is 6.62. The molecule has 2 fully saturated rings. The number of halogens is 1. The van der Waals surface area contributed by atoms with Crippen LogP contribution in [0.2, 0.25) is 0 Å². The van der Waals surface area contributed by atoms with Crippen LogP contribution in [0.25, 0.3) is 0 Å². The molecule has 0 saturated carbocycles. The van der Waals surface area contributed by atoms with Crippen LogP contribution < -0.4 is 10.6 Å². The van der Waals surface area contributed by atoms with Gasteiger partial charge in [-0.25, -0.2) is 14.2 Å². The van der Waals surface area contributed by atoms with Gasteiger partial charge in [0.05, 0.1) is 18.1 Å². The van der Waals surface area contributed by atoms with Gasteiger partial charge < -0.3 is 20.5 Å². The number of aliphatic imine (C=N–C) groups is 1. The van der Waals surface area contributed by atoms with Crippen LogP contribution in [0, 0.1) is 18.7 Å². The summed E-state index contributed by atoms with van der Waals surface area (Å²) in [6, 6.07) is 3.94. The van der Waals surface area contributed by atoms with Crippen molar-refractivity contribution >= 4 is 29.0 Å². The molecule has 1 aromatic carbocycles. The highest BCUT2D eigenvalue weighted by Gasteiger charge is 2.50. The van der Waals surface area contributed by atoms with Gasteiger partial charge >= 0.3 is 5.97 Å². The van der Waals surface area contributed by atoms with Crippen molar-refractivity contribution < 1.29 is 23.8 Å². The molecule has 0 spiro atoms. The summed E-state index contributed by atoms with van der Waals surface area (Å²) in [6.45, 7) is 4.88. The zero-order valence-corrected chi connectivity index (χ0v) is 20.9. The Morgan fingerprint density at radius 2 is 2.25 bits per heavy atom. The van der Waals surface area contributed by atoms with Gasteiger partial charge in [-0.2, -0.15) is 0 Å². The highest BCUT2D eigenvalue weighted by Crippen LogP contribution is 2.37. The molecule has 5 rings (SSSR count). The van der Waals surface area contributed by atoms with E-state index >= 15 is 0 Å². The average molecular weight is 514 g/mol. The average Bonchev–Trinajstić information content (AvgIpc) is 3.49. The maximum atomic E-state index is 14.6. The van der Waals surface area contributed by atoms with Crippen LogP contribution in [0.3, 0.4) is 0 Å². The number of nitrogens with one attached hydrogen (secondary N) is 2. The number of ether oxygens (including phenoxy) is 1. The van der Waals surface area contributed by atoms with Gasteiger partial charge in [0.25, 0.3) is 0 Å². The first-order valence-electron chi connectivity index (χ1n) is 11.9. The van der Waals surface area contributed by atoms with Gasteiger partial charge in [0, 0.05) is 36.9 Å². The smallest absolute Gasteiger partial charge is 0.338 e. The molecule has 1 aromatic heterocycles. The highest BCUT2D eigenvalue weighted by atomic mass is 32.1. The van der Waals surface area contributed by atoms with Gasteiger partial charge in [0.2, 0.25) is 5.91 Å². The lowest BCUT2D eigenvalue weighted by Crippen LogP contribution is -2.55. The van der Waals surface area contributed by atoms with Crippen molar-refractivity contribution in [1.82, 2.24) is 20.5 Å². The summed E-state index contributed by atoms with van der Waals surface area (Å²) in [4.78, 5) is 36.6. The lowest BCUT2D eigenvalue weighted by Gasteiger charge is -2.40. The first-order chi connectivity index (χ1) is 17.3. The zero-order chi connectivity index (χ0) is 25.4. The van der Waals surface area contributed by atoms with Crippen molar-refractivity contribution in [3.63, 3.8) is 0 Å². The number of nitrogens with zero attached hydrogens (tertiary/aromatic N) is 3. The van der Waals surface area contributed by atoms with E-state index in [1.807, 2.05) is 10.3 Å². The quantitative estimate of drug-likeness (QED) is 0.504. The van der Waals surface area contributed by atoms with E-state index in [0.717, 1.165) is 0 Å². The van der Waals surface area contributed by atoms with E-state index < -0.39 is 23.5 Å². The lowest BCUT2D eigenvalue weighted by atomic mass is 9.83. The van der Waals surface area contributed by atoms with Crippen LogP contribution in [-0.2, 0) is 14.3 Å². The number of fused-ring (bicyclic) bond motifs is 1. The molecule has 2 saturated heterocycles. The SMILES string of the molecule is CCOC(=O)C1=C(CN2CC[C@H]3C(=O)NC[C@]3(O)C2)NC(c2nccs2)=N[C@H]1c1cccc(F)c1C. The monoisotopic (exact) mass is 513 g/mol. The second kappa shape index (κ2) is 9.72. The maximum absolute atomic E-state index is 14.6. The topological polar surface area (TPSA) is 116 Å². The van der Waals surface area contributed by atoms with E-state index in [0.29, 0.717) is 46.2 Å². The summed E-state index contributed by atoms with van der Waals surface area (Å²) >= 11 is 1.40. The molecule has 11 heteroatoms. The van der Waals surface area contributed by atoms with Crippen molar-refractivity contribution in [2.24, 2.45) is 10.9 Å². The number of esters is 1. The first kappa shape index (κ1) is 24.5. The van der Waals surface area contributed by atoms with Crippen LogP contribution in [0.5, 0.6) is 0 Å². The fraction of sp³-hybridized carbons (Fsp3) is 0.440. The number of hydrogen-bond acceptors (Lipinski definition) is 9. The van der Waals surface area contributed by atoms with E-state index in [2.05, 4.69) is 15.6 Å².